The van der Waals surface area contributed by atoms with Crippen molar-refractivity contribution in [1.29, 1.82) is 0 Å². The lowest BCUT2D eigenvalue weighted by atomic mass is 9.83. The van der Waals surface area contributed by atoms with Gasteiger partial charge in [0, 0.05) is 5.57 Å². The van der Waals surface area contributed by atoms with E-state index >= 15 is 0 Å². The molecule has 0 amide bonds. The first-order valence-electron chi connectivity index (χ1n) is 6.74. The van der Waals surface area contributed by atoms with Crippen molar-refractivity contribution in [3.8, 4) is 5.75 Å². The minimum absolute atomic E-state index is 0.185. The largest absolute Gasteiger partial charge is 0.423 e. The fourth-order valence-corrected chi connectivity index (χ4v) is 2.59. The van der Waals surface area contributed by atoms with Gasteiger partial charge >= 0.3 is 5.97 Å². The van der Waals surface area contributed by atoms with Gasteiger partial charge in [0.15, 0.2) is 0 Å². The molecular formula is C16H20O2. The number of carbonyl (C=O) groups is 1. The second kappa shape index (κ2) is 6.39. The van der Waals surface area contributed by atoms with Crippen molar-refractivity contribution in [2.45, 2.75) is 39.0 Å². The Labute approximate surface area is 109 Å². The molecule has 96 valence electrons. The van der Waals surface area contributed by atoms with E-state index in [1.807, 2.05) is 43.3 Å². The monoisotopic (exact) mass is 244 g/mol. The molecule has 1 aromatic rings. The van der Waals surface area contributed by atoms with Crippen molar-refractivity contribution in [2.24, 2.45) is 5.92 Å². The Morgan fingerprint density at radius 1 is 1.17 bits per heavy atom. The third-order valence-corrected chi connectivity index (χ3v) is 3.55. The van der Waals surface area contributed by atoms with Crippen LogP contribution in [0.15, 0.2) is 42.0 Å². The predicted molar refractivity (Wildman–Crippen MR) is 72.4 cm³/mol. The van der Waals surface area contributed by atoms with Crippen LogP contribution >= 0.6 is 0 Å². The van der Waals surface area contributed by atoms with Gasteiger partial charge in [-0.25, -0.2) is 4.79 Å². The molecular weight excluding hydrogens is 224 g/mol. The summed E-state index contributed by atoms with van der Waals surface area (Å²) in [5.74, 6) is 0.827. The molecule has 0 atom stereocenters. The van der Waals surface area contributed by atoms with Gasteiger partial charge in [0.25, 0.3) is 0 Å². The standard InChI is InChI=1S/C16H20O2/c1-2-15(13-9-5-3-6-10-13)16(17)18-14-11-7-4-8-12-14/h2,4,7-8,11-13H,3,5-6,9-10H2,1H3. The molecule has 0 heterocycles. The van der Waals surface area contributed by atoms with Crippen LogP contribution in [0.2, 0.25) is 0 Å². The molecule has 0 saturated heterocycles. The molecule has 0 bridgehead atoms. The number of ether oxygens (including phenoxy) is 1. The molecule has 2 rings (SSSR count). The van der Waals surface area contributed by atoms with E-state index in [1.54, 1.807) is 0 Å². The molecule has 2 nitrogen and oxygen atoms in total. The van der Waals surface area contributed by atoms with Gasteiger partial charge in [-0.15, -0.1) is 0 Å². The van der Waals surface area contributed by atoms with E-state index in [0.29, 0.717) is 11.7 Å². The zero-order valence-corrected chi connectivity index (χ0v) is 10.9. The van der Waals surface area contributed by atoms with Crippen LogP contribution < -0.4 is 4.74 Å². The van der Waals surface area contributed by atoms with Gasteiger partial charge in [-0.2, -0.15) is 0 Å². The number of carbonyl (C=O) groups excluding carboxylic acids is 1. The molecule has 1 aromatic carbocycles. The maximum absolute atomic E-state index is 12.2. The van der Waals surface area contributed by atoms with Crippen LogP contribution in [0.3, 0.4) is 0 Å². The van der Waals surface area contributed by atoms with Gasteiger partial charge in [-0.05, 0) is 37.8 Å². The number of esters is 1. The summed E-state index contributed by atoms with van der Waals surface area (Å²) < 4.78 is 5.41. The minimum atomic E-state index is -0.185. The second-order valence-corrected chi connectivity index (χ2v) is 4.78. The molecule has 0 aliphatic heterocycles. The first-order chi connectivity index (χ1) is 8.81. The van der Waals surface area contributed by atoms with Gasteiger partial charge < -0.3 is 4.74 Å². The smallest absolute Gasteiger partial charge is 0.339 e. The average Bonchev–Trinajstić information content (AvgIpc) is 2.42. The normalized spacial score (nSPS) is 17.5. The molecule has 0 radical (unpaired) electrons. The van der Waals surface area contributed by atoms with Gasteiger partial charge in [-0.3, -0.25) is 0 Å². The number of rotatable bonds is 3. The van der Waals surface area contributed by atoms with E-state index < -0.39 is 0 Å². The fourth-order valence-electron chi connectivity index (χ4n) is 2.59. The summed E-state index contributed by atoms with van der Waals surface area (Å²) in [6.45, 7) is 1.93. The van der Waals surface area contributed by atoms with Crippen molar-refractivity contribution in [3.05, 3.63) is 42.0 Å². The maximum atomic E-state index is 12.2. The molecule has 1 fully saturated rings. The highest BCUT2D eigenvalue weighted by atomic mass is 16.5. The van der Waals surface area contributed by atoms with Crippen LogP contribution in [-0.4, -0.2) is 5.97 Å². The molecule has 18 heavy (non-hydrogen) atoms. The highest BCUT2D eigenvalue weighted by Gasteiger charge is 2.23. The summed E-state index contributed by atoms with van der Waals surface area (Å²) in [4.78, 5) is 12.2. The third-order valence-electron chi connectivity index (χ3n) is 3.55. The summed E-state index contributed by atoms with van der Waals surface area (Å²) in [5.41, 5.74) is 0.846. The molecule has 0 N–H and O–H groups in total. The zero-order chi connectivity index (χ0) is 12.8. The molecule has 1 aliphatic carbocycles. The van der Waals surface area contributed by atoms with Gasteiger partial charge in [0.1, 0.15) is 5.75 Å². The molecule has 0 aromatic heterocycles. The highest BCUT2D eigenvalue weighted by Crippen LogP contribution is 2.30. The van der Waals surface area contributed by atoms with Crippen LogP contribution in [0.25, 0.3) is 0 Å². The molecule has 0 unspecified atom stereocenters. The summed E-state index contributed by atoms with van der Waals surface area (Å²) >= 11 is 0. The SMILES string of the molecule is CC=C(C(=O)Oc1ccccc1)C1CCCCC1. The zero-order valence-electron chi connectivity index (χ0n) is 10.9. The summed E-state index contributed by atoms with van der Waals surface area (Å²) in [5, 5.41) is 0. The lowest BCUT2D eigenvalue weighted by molar-refractivity contribution is -0.130. The molecule has 2 heteroatoms. The molecule has 0 spiro atoms. The van der Waals surface area contributed by atoms with Gasteiger partial charge in [-0.1, -0.05) is 43.5 Å². The van der Waals surface area contributed by atoms with Crippen molar-refractivity contribution < 1.29 is 9.53 Å². The Hall–Kier alpha value is -1.57. The Balaban J connectivity index is 2.02. The predicted octanol–water partition coefficient (Wildman–Crippen LogP) is 4.12. The summed E-state index contributed by atoms with van der Waals surface area (Å²) in [6.07, 6.45) is 7.89. The van der Waals surface area contributed by atoms with Crippen LogP contribution in [0.5, 0.6) is 5.75 Å². The van der Waals surface area contributed by atoms with E-state index in [1.165, 1.54) is 19.3 Å². The summed E-state index contributed by atoms with van der Waals surface area (Å²) in [6, 6.07) is 9.28. The minimum Gasteiger partial charge on any atom is -0.423 e. The number of hydrogen-bond donors (Lipinski definition) is 0. The van der Waals surface area contributed by atoms with Gasteiger partial charge in [0.2, 0.25) is 0 Å². The van der Waals surface area contributed by atoms with Crippen molar-refractivity contribution in [2.75, 3.05) is 0 Å². The Bertz CT molecular complexity index is 414. The quantitative estimate of drug-likeness (QED) is 0.454. The number of benzene rings is 1. The second-order valence-electron chi connectivity index (χ2n) is 4.78. The van der Waals surface area contributed by atoms with E-state index in [9.17, 15) is 4.79 Å². The number of allylic oxidation sites excluding steroid dienone is 1. The number of hydrogen-bond acceptors (Lipinski definition) is 2. The Kier molecular flexibility index (Phi) is 4.57. The Morgan fingerprint density at radius 2 is 1.83 bits per heavy atom. The first kappa shape index (κ1) is 12.9. The van der Waals surface area contributed by atoms with E-state index in [4.69, 9.17) is 4.74 Å². The van der Waals surface area contributed by atoms with E-state index in [2.05, 4.69) is 0 Å². The third kappa shape index (κ3) is 3.22. The van der Waals surface area contributed by atoms with Crippen LogP contribution in [-0.2, 0) is 4.79 Å². The lowest BCUT2D eigenvalue weighted by Gasteiger charge is -2.23. The fraction of sp³-hybridized carbons (Fsp3) is 0.438. The van der Waals surface area contributed by atoms with Crippen molar-refractivity contribution in [1.82, 2.24) is 0 Å². The maximum Gasteiger partial charge on any atom is 0.339 e. The highest BCUT2D eigenvalue weighted by molar-refractivity contribution is 5.90. The van der Waals surface area contributed by atoms with Crippen molar-refractivity contribution >= 4 is 5.97 Å². The van der Waals surface area contributed by atoms with Crippen LogP contribution in [0, 0.1) is 5.92 Å². The van der Waals surface area contributed by atoms with Crippen LogP contribution in [0.4, 0.5) is 0 Å². The lowest BCUT2D eigenvalue weighted by Crippen LogP contribution is -2.20. The van der Waals surface area contributed by atoms with E-state index in [-0.39, 0.29) is 5.97 Å². The number of para-hydroxylation sites is 1. The molecule has 1 aliphatic rings. The Morgan fingerprint density at radius 3 is 2.44 bits per heavy atom. The van der Waals surface area contributed by atoms with E-state index in [0.717, 1.165) is 18.4 Å². The summed E-state index contributed by atoms with van der Waals surface area (Å²) in [7, 11) is 0. The topological polar surface area (TPSA) is 26.3 Å². The first-order valence-corrected chi connectivity index (χ1v) is 6.74. The molecule has 1 saturated carbocycles. The average molecular weight is 244 g/mol. The van der Waals surface area contributed by atoms with Crippen LogP contribution in [0.1, 0.15) is 39.0 Å². The van der Waals surface area contributed by atoms with Crippen molar-refractivity contribution in [3.63, 3.8) is 0 Å². The van der Waals surface area contributed by atoms with Gasteiger partial charge in [0.05, 0.1) is 0 Å².